The van der Waals surface area contributed by atoms with Crippen molar-refractivity contribution in [1.29, 1.82) is 0 Å². The van der Waals surface area contributed by atoms with Crippen molar-refractivity contribution in [3.63, 3.8) is 0 Å². The molecule has 28 heavy (non-hydrogen) atoms. The van der Waals surface area contributed by atoms with Crippen molar-refractivity contribution < 1.29 is 45.3 Å². The maximum absolute atomic E-state index is 15.0. The van der Waals surface area contributed by atoms with E-state index in [1.165, 1.54) is 0 Å². The summed E-state index contributed by atoms with van der Waals surface area (Å²) in [6.45, 7) is -0.261. The minimum Gasteiger partial charge on any atom is -0.371 e. The van der Waals surface area contributed by atoms with Crippen molar-refractivity contribution in [1.82, 2.24) is 0 Å². The van der Waals surface area contributed by atoms with Crippen LogP contribution in [0, 0.1) is 11.6 Å². The number of alkyl halides is 1. The van der Waals surface area contributed by atoms with Crippen LogP contribution in [0.3, 0.4) is 0 Å². The summed E-state index contributed by atoms with van der Waals surface area (Å²) in [5, 5.41) is 0. The number of hydrogen-bond acceptors (Lipinski definition) is 4. The first kappa shape index (κ1) is 19.4. The Hall–Kier alpha value is -1.88. The average Bonchev–Trinajstić information content (AvgIpc) is 3.58. The molecule has 0 aromatic heterocycles. The fourth-order valence-electron chi connectivity index (χ4n) is 2.79. The van der Waals surface area contributed by atoms with E-state index in [0.717, 1.165) is 12.1 Å². The zero-order valence-electron chi connectivity index (χ0n) is 14.2. The SMILES string of the molecule is FC1=C(F)C(OCC2CO2)(OCC2CO2)C(F)C(F)=C1c1cccc(F)c1F. The van der Waals surface area contributed by atoms with E-state index in [2.05, 4.69) is 0 Å². The molecule has 0 bridgehead atoms. The molecule has 2 saturated heterocycles. The third kappa shape index (κ3) is 3.34. The predicted octanol–water partition coefficient (Wildman–Crippen LogP) is 3.67. The molecule has 10 heteroatoms. The van der Waals surface area contributed by atoms with E-state index in [4.69, 9.17) is 18.9 Å². The van der Waals surface area contributed by atoms with Gasteiger partial charge in [0.1, 0.15) is 12.2 Å². The van der Waals surface area contributed by atoms with Crippen LogP contribution < -0.4 is 0 Å². The van der Waals surface area contributed by atoms with Gasteiger partial charge in [-0.25, -0.2) is 26.3 Å². The largest absolute Gasteiger partial charge is 0.371 e. The Morgan fingerprint density at radius 2 is 1.54 bits per heavy atom. The van der Waals surface area contributed by atoms with Crippen molar-refractivity contribution in [3.05, 3.63) is 52.9 Å². The normalized spacial score (nSPS) is 32.1. The molecular formula is C18H14F6O4. The molecule has 2 aliphatic heterocycles. The number of epoxide rings is 2. The second kappa shape index (κ2) is 7.18. The Balaban J connectivity index is 1.75. The first-order chi connectivity index (χ1) is 13.3. The zero-order valence-corrected chi connectivity index (χ0v) is 14.2. The van der Waals surface area contributed by atoms with Gasteiger partial charge in [0.05, 0.1) is 32.0 Å². The van der Waals surface area contributed by atoms with Crippen LogP contribution in [0.1, 0.15) is 5.56 Å². The van der Waals surface area contributed by atoms with Gasteiger partial charge in [0.25, 0.3) is 5.79 Å². The predicted molar refractivity (Wildman–Crippen MR) is 82.6 cm³/mol. The maximum atomic E-state index is 15.0. The molecule has 0 radical (unpaired) electrons. The molecule has 4 nitrogen and oxygen atoms in total. The van der Waals surface area contributed by atoms with Crippen molar-refractivity contribution in [2.24, 2.45) is 0 Å². The highest BCUT2D eigenvalue weighted by molar-refractivity contribution is 5.82. The number of halogens is 6. The second-order valence-corrected chi connectivity index (χ2v) is 6.52. The molecule has 2 heterocycles. The van der Waals surface area contributed by atoms with Crippen molar-refractivity contribution >= 4 is 5.57 Å². The molecule has 3 aliphatic rings. The van der Waals surface area contributed by atoms with Crippen LogP contribution in [-0.4, -0.2) is 50.6 Å². The lowest BCUT2D eigenvalue weighted by molar-refractivity contribution is -0.254. The Bertz CT molecular complexity index is 830. The van der Waals surface area contributed by atoms with E-state index in [0.29, 0.717) is 6.07 Å². The van der Waals surface area contributed by atoms with Gasteiger partial charge in [-0.05, 0) is 6.07 Å². The highest BCUT2D eigenvalue weighted by Crippen LogP contribution is 2.48. The van der Waals surface area contributed by atoms with Gasteiger partial charge in [0.15, 0.2) is 29.1 Å². The van der Waals surface area contributed by atoms with E-state index < -0.39 is 64.4 Å². The first-order valence-electron chi connectivity index (χ1n) is 8.40. The van der Waals surface area contributed by atoms with Gasteiger partial charge in [-0.3, -0.25) is 0 Å². The summed E-state index contributed by atoms with van der Waals surface area (Å²) in [6, 6.07) is 2.46. The van der Waals surface area contributed by atoms with Crippen LogP contribution in [0.4, 0.5) is 26.3 Å². The van der Waals surface area contributed by atoms with Crippen LogP contribution in [0.5, 0.6) is 0 Å². The molecule has 2 fully saturated rings. The number of hydrogen-bond donors (Lipinski definition) is 0. The lowest BCUT2D eigenvalue weighted by atomic mass is 9.91. The van der Waals surface area contributed by atoms with Gasteiger partial charge >= 0.3 is 0 Å². The van der Waals surface area contributed by atoms with Crippen molar-refractivity contribution in [2.75, 3.05) is 26.4 Å². The van der Waals surface area contributed by atoms with E-state index in [1.54, 1.807) is 0 Å². The number of allylic oxidation sites excluding steroid dienone is 2. The van der Waals surface area contributed by atoms with Gasteiger partial charge in [0, 0.05) is 5.56 Å². The highest BCUT2D eigenvalue weighted by atomic mass is 19.2. The van der Waals surface area contributed by atoms with Crippen molar-refractivity contribution in [3.8, 4) is 0 Å². The number of rotatable bonds is 7. The summed E-state index contributed by atoms with van der Waals surface area (Å²) in [4.78, 5) is 0. The molecule has 3 atom stereocenters. The van der Waals surface area contributed by atoms with Gasteiger partial charge in [-0.1, -0.05) is 12.1 Å². The molecule has 3 unspecified atom stereocenters. The standard InChI is InChI=1S/C18H14F6O4/c19-11-3-1-2-10(13(11)20)12-14(21)16(23)18(17(24)15(12)22,27-6-8-4-25-8)28-7-9-5-26-9/h1-3,8-9,16H,4-7H2. The quantitative estimate of drug-likeness (QED) is 0.392. The average molecular weight is 408 g/mol. The summed E-state index contributed by atoms with van der Waals surface area (Å²) >= 11 is 0. The van der Waals surface area contributed by atoms with Crippen molar-refractivity contribution in [2.45, 2.75) is 24.2 Å². The molecule has 1 aromatic carbocycles. The van der Waals surface area contributed by atoms with Gasteiger partial charge < -0.3 is 18.9 Å². The van der Waals surface area contributed by atoms with E-state index in [1.807, 2.05) is 0 Å². The van der Waals surface area contributed by atoms with E-state index in [9.17, 15) is 22.0 Å². The van der Waals surface area contributed by atoms with Crippen LogP contribution in [-0.2, 0) is 18.9 Å². The minimum atomic E-state index is -3.06. The molecule has 152 valence electrons. The highest BCUT2D eigenvalue weighted by Gasteiger charge is 2.57. The van der Waals surface area contributed by atoms with Gasteiger partial charge in [-0.2, -0.15) is 0 Å². The Kier molecular flexibility index (Phi) is 4.98. The summed E-state index contributed by atoms with van der Waals surface area (Å²) in [5.41, 5.74) is -2.33. The van der Waals surface area contributed by atoms with E-state index >= 15 is 4.39 Å². The first-order valence-corrected chi connectivity index (χ1v) is 8.40. The molecule has 0 amide bonds. The molecule has 0 saturated carbocycles. The Morgan fingerprint density at radius 3 is 2.07 bits per heavy atom. The fourth-order valence-corrected chi connectivity index (χ4v) is 2.79. The van der Waals surface area contributed by atoms with Gasteiger partial charge in [0.2, 0.25) is 6.17 Å². The Labute approximate surface area is 155 Å². The molecule has 0 N–H and O–H groups in total. The number of benzene rings is 1. The third-order valence-corrected chi connectivity index (χ3v) is 4.51. The Morgan fingerprint density at radius 1 is 0.964 bits per heavy atom. The van der Waals surface area contributed by atoms with Crippen LogP contribution in [0.15, 0.2) is 35.7 Å². The van der Waals surface area contributed by atoms with Gasteiger partial charge in [-0.15, -0.1) is 0 Å². The minimum absolute atomic E-state index is 0.255. The maximum Gasteiger partial charge on any atom is 0.264 e. The van der Waals surface area contributed by atoms with E-state index in [-0.39, 0.29) is 26.4 Å². The third-order valence-electron chi connectivity index (χ3n) is 4.51. The summed E-state index contributed by atoms with van der Waals surface area (Å²) < 4.78 is 107. The molecule has 0 spiro atoms. The fraction of sp³-hybridized carbons (Fsp3) is 0.444. The number of ether oxygens (including phenoxy) is 4. The lowest BCUT2D eigenvalue weighted by Crippen LogP contribution is -2.50. The smallest absolute Gasteiger partial charge is 0.264 e. The summed E-state index contributed by atoms with van der Waals surface area (Å²) in [6.07, 6.45) is -3.95. The summed E-state index contributed by atoms with van der Waals surface area (Å²) in [5.74, 6) is -11.9. The summed E-state index contributed by atoms with van der Waals surface area (Å²) in [7, 11) is 0. The van der Waals surface area contributed by atoms with Crippen LogP contribution in [0.25, 0.3) is 5.57 Å². The van der Waals surface area contributed by atoms with Crippen LogP contribution >= 0.6 is 0 Å². The lowest BCUT2D eigenvalue weighted by Gasteiger charge is -2.37. The molecular weight excluding hydrogens is 394 g/mol. The second-order valence-electron chi connectivity index (χ2n) is 6.52. The zero-order chi connectivity index (χ0) is 20.1. The monoisotopic (exact) mass is 408 g/mol. The molecule has 4 rings (SSSR count). The van der Waals surface area contributed by atoms with Crippen LogP contribution in [0.2, 0.25) is 0 Å². The topological polar surface area (TPSA) is 43.5 Å². The molecule has 1 aliphatic carbocycles. The molecule has 1 aromatic rings.